The molecule has 1 saturated heterocycles. The molecule has 6 heteroatoms. The van der Waals surface area contributed by atoms with Crippen molar-refractivity contribution in [1.82, 2.24) is 4.90 Å². The van der Waals surface area contributed by atoms with Crippen LogP contribution in [0.5, 0.6) is 5.75 Å². The largest absolute Gasteiger partial charge is 0.493 e. The fourth-order valence-corrected chi connectivity index (χ4v) is 2.80. The molecule has 0 aliphatic carbocycles. The number of ether oxygens (including phenoxy) is 1. The monoisotopic (exact) mass is 369 g/mol. The highest BCUT2D eigenvalue weighted by molar-refractivity contribution is 9.10. The maximum absolute atomic E-state index is 12.4. The Morgan fingerprint density at radius 2 is 2.20 bits per heavy atom. The fraction of sp³-hybridized carbons (Fsp3) is 0.571. The van der Waals surface area contributed by atoms with Gasteiger partial charge in [-0.15, -0.1) is 12.4 Å². The van der Waals surface area contributed by atoms with Gasteiger partial charge in [0.2, 0.25) is 0 Å². The quantitative estimate of drug-likeness (QED) is 0.769. The van der Waals surface area contributed by atoms with E-state index in [1.165, 1.54) is 0 Å². The summed E-state index contributed by atoms with van der Waals surface area (Å²) in [5.74, 6) is 1.16. The Kier molecular flexibility index (Phi) is 7.77. The summed E-state index contributed by atoms with van der Waals surface area (Å²) in [4.78, 5) is 1.84. The predicted molar refractivity (Wildman–Crippen MR) is 82.1 cm³/mol. The molecular formula is C14H19BrClF2NO. The predicted octanol–water partition coefficient (Wildman–Crippen LogP) is 4.23. The number of likely N-dealkylation sites (tertiary alicyclic amines) is 1. The van der Waals surface area contributed by atoms with Crippen molar-refractivity contribution in [1.29, 1.82) is 0 Å². The maximum atomic E-state index is 12.4. The molecule has 20 heavy (non-hydrogen) atoms. The van der Waals surface area contributed by atoms with Gasteiger partial charge in [-0.25, -0.2) is 8.78 Å². The lowest BCUT2D eigenvalue weighted by atomic mass is 9.99. The number of nitrogens with zero attached hydrogens (tertiary/aromatic N) is 1. The molecule has 0 N–H and O–H groups in total. The first kappa shape index (κ1) is 17.7. The van der Waals surface area contributed by atoms with Crippen LogP contribution in [0.2, 0.25) is 0 Å². The second-order valence-corrected chi connectivity index (χ2v) is 5.84. The molecule has 2 nitrogen and oxygen atoms in total. The molecular weight excluding hydrogens is 352 g/mol. The highest BCUT2D eigenvalue weighted by atomic mass is 79.9. The third-order valence-electron chi connectivity index (χ3n) is 3.28. The van der Waals surface area contributed by atoms with Gasteiger partial charge in [-0.3, -0.25) is 4.90 Å². The summed E-state index contributed by atoms with van der Waals surface area (Å²) in [5.41, 5.74) is 0. The van der Waals surface area contributed by atoms with Crippen LogP contribution in [-0.4, -0.2) is 37.6 Å². The Labute approximate surface area is 133 Å². The van der Waals surface area contributed by atoms with Crippen LogP contribution in [0.1, 0.15) is 12.8 Å². The Balaban J connectivity index is 0.00000200. The molecule has 1 aliphatic rings. The van der Waals surface area contributed by atoms with Crippen LogP contribution in [0.25, 0.3) is 0 Å². The van der Waals surface area contributed by atoms with E-state index in [0.29, 0.717) is 19.1 Å². The minimum atomic E-state index is -2.25. The van der Waals surface area contributed by atoms with E-state index < -0.39 is 6.43 Å². The third-order valence-corrected chi connectivity index (χ3v) is 3.77. The number of hydrogen-bond donors (Lipinski definition) is 0. The van der Waals surface area contributed by atoms with Crippen molar-refractivity contribution >= 4 is 28.3 Å². The summed E-state index contributed by atoms with van der Waals surface area (Å²) >= 11 is 3.39. The molecule has 0 radical (unpaired) electrons. The van der Waals surface area contributed by atoms with Gasteiger partial charge in [0.25, 0.3) is 6.43 Å². The van der Waals surface area contributed by atoms with Gasteiger partial charge in [-0.2, -0.15) is 0 Å². The Morgan fingerprint density at radius 3 is 2.90 bits per heavy atom. The first-order chi connectivity index (χ1) is 9.13. The zero-order valence-electron chi connectivity index (χ0n) is 11.1. The van der Waals surface area contributed by atoms with Crippen molar-refractivity contribution in [2.45, 2.75) is 19.3 Å². The zero-order valence-corrected chi connectivity index (χ0v) is 13.5. The van der Waals surface area contributed by atoms with Crippen LogP contribution < -0.4 is 4.74 Å². The van der Waals surface area contributed by atoms with E-state index in [2.05, 4.69) is 15.9 Å². The Hall–Kier alpha value is -0.390. The summed E-state index contributed by atoms with van der Waals surface area (Å²) < 4.78 is 31.4. The second-order valence-electron chi connectivity index (χ2n) is 4.93. The molecule has 0 unspecified atom stereocenters. The van der Waals surface area contributed by atoms with Crippen LogP contribution in [-0.2, 0) is 0 Å². The molecule has 1 aromatic carbocycles. The first-order valence-electron chi connectivity index (χ1n) is 6.52. The van der Waals surface area contributed by atoms with Gasteiger partial charge in [0, 0.05) is 16.9 Å². The van der Waals surface area contributed by atoms with Crippen LogP contribution in [0.3, 0.4) is 0 Å². The molecule has 1 heterocycles. The summed E-state index contributed by atoms with van der Waals surface area (Å²) in [6.07, 6.45) is -0.225. The SMILES string of the molecule is Cl.FC(F)CN1CCC[C@H](COc2cccc(Br)c2)C1. The van der Waals surface area contributed by atoms with Gasteiger partial charge in [0.15, 0.2) is 0 Å². The molecule has 1 aliphatic heterocycles. The van der Waals surface area contributed by atoms with E-state index in [4.69, 9.17) is 4.74 Å². The van der Waals surface area contributed by atoms with Gasteiger partial charge in [-0.05, 0) is 37.6 Å². The van der Waals surface area contributed by atoms with Crippen molar-refractivity contribution < 1.29 is 13.5 Å². The van der Waals surface area contributed by atoms with Crippen LogP contribution in [0.15, 0.2) is 28.7 Å². The number of hydrogen-bond acceptors (Lipinski definition) is 2. The van der Waals surface area contributed by atoms with Crippen LogP contribution in [0, 0.1) is 5.92 Å². The summed E-state index contributed by atoms with van der Waals surface area (Å²) in [7, 11) is 0. The number of piperidine rings is 1. The van der Waals surface area contributed by atoms with Crippen LogP contribution >= 0.6 is 28.3 Å². The number of alkyl halides is 2. The number of benzene rings is 1. The molecule has 0 bridgehead atoms. The average Bonchev–Trinajstić information content (AvgIpc) is 2.36. The molecule has 0 saturated carbocycles. The number of halogens is 4. The highest BCUT2D eigenvalue weighted by Crippen LogP contribution is 2.21. The average molecular weight is 371 g/mol. The van der Waals surface area contributed by atoms with Crippen molar-refractivity contribution in [3.63, 3.8) is 0 Å². The van der Waals surface area contributed by atoms with E-state index in [-0.39, 0.29) is 19.0 Å². The fourth-order valence-electron chi connectivity index (χ4n) is 2.42. The minimum absolute atomic E-state index is 0. The van der Waals surface area contributed by atoms with Crippen molar-refractivity contribution in [2.75, 3.05) is 26.2 Å². The maximum Gasteiger partial charge on any atom is 0.251 e. The normalized spacial score (nSPS) is 19.7. The van der Waals surface area contributed by atoms with Gasteiger partial charge in [0.05, 0.1) is 13.2 Å². The Morgan fingerprint density at radius 1 is 1.40 bits per heavy atom. The zero-order chi connectivity index (χ0) is 13.7. The number of rotatable bonds is 5. The lowest BCUT2D eigenvalue weighted by Gasteiger charge is -2.32. The lowest BCUT2D eigenvalue weighted by Crippen LogP contribution is -2.40. The summed E-state index contributed by atoms with van der Waals surface area (Å²) in [6.45, 7) is 1.96. The van der Waals surface area contributed by atoms with Gasteiger partial charge in [0.1, 0.15) is 5.75 Å². The summed E-state index contributed by atoms with van der Waals surface area (Å²) in [6, 6.07) is 7.69. The van der Waals surface area contributed by atoms with E-state index >= 15 is 0 Å². The van der Waals surface area contributed by atoms with E-state index in [1.807, 2.05) is 29.2 Å². The lowest BCUT2D eigenvalue weighted by molar-refractivity contribution is 0.0552. The highest BCUT2D eigenvalue weighted by Gasteiger charge is 2.22. The van der Waals surface area contributed by atoms with Gasteiger partial charge in [-0.1, -0.05) is 22.0 Å². The molecule has 1 fully saturated rings. The first-order valence-corrected chi connectivity index (χ1v) is 7.31. The second kappa shape index (κ2) is 8.80. The van der Waals surface area contributed by atoms with E-state index in [9.17, 15) is 8.78 Å². The van der Waals surface area contributed by atoms with Crippen LogP contribution in [0.4, 0.5) is 8.78 Å². The smallest absolute Gasteiger partial charge is 0.251 e. The standard InChI is InChI=1S/C14H18BrF2NO.ClH/c15-12-4-1-5-13(7-12)19-10-11-3-2-6-18(8-11)9-14(16)17;/h1,4-5,7,11,14H,2-3,6,8-10H2;1H/t11-;/m0./s1. The molecule has 0 spiro atoms. The molecule has 2 rings (SSSR count). The molecule has 114 valence electrons. The van der Waals surface area contributed by atoms with Crippen molar-refractivity contribution in [3.05, 3.63) is 28.7 Å². The molecule has 0 aromatic heterocycles. The third kappa shape index (κ3) is 5.94. The van der Waals surface area contributed by atoms with Gasteiger partial charge < -0.3 is 4.74 Å². The molecule has 1 atom stereocenters. The summed E-state index contributed by atoms with van der Waals surface area (Å²) in [5, 5.41) is 0. The van der Waals surface area contributed by atoms with E-state index in [0.717, 1.165) is 29.6 Å². The minimum Gasteiger partial charge on any atom is -0.493 e. The van der Waals surface area contributed by atoms with Gasteiger partial charge >= 0.3 is 0 Å². The Bertz CT molecular complexity index is 409. The molecule has 1 aromatic rings. The molecule has 0 amide bonds. The van der Waals surface area contributed by atoms with E-state index in [1.54, 1.807) is 0 Å². The topological polar surface area (TPSA) is 12.5 Å². The van der Waals surface area contributed by atoms with Crippen molar-refractivity contribution in [2.24, 2.45) is 5.92 Å². The van der Waals surface area contributed by atoms with Crippen molar-refractivity contribution in [3.8, 4) is 5.75 Å².